The molecule has 0 spiro atoms. The van der Waals surface area contributed by atoms with Crippen molar-refractivity contribution >= 4 is 27.5 Å². The van der Waals surface area contributed by atoms with E-state index in [2.05, 4.69) is 0 Å². The summed E-state index contributed by atoms with van der Waals surface area (Å²) in [5, 5.41) is 11.5. The van der Waals surface area contributed by atoms with E-state index in [4.69, 9.17) is 22.1 Å². The summed E-state index contributed by atoms with van der Waals surface area (Å²) in [4.78, 5) is 14.8. The zero-order valence-corrected chi connectivity index (χ0v) is 23.5. The molecule has 206 valence electrons. The molecule has 2 aromatic carbocycles. The second-order valence-electron chi connectivity index (χ2n) is 9.15. The van der Waals surface area contributed by atoms with Crippen LogP contribution in [0, 0.1) is 0 Å². The highest BCUT2D eigenvalue weighted by Crippen LogP contribution is 2.17. The number of carbonyl (C=O) groups is 1. The van der Waals surface area contributed by atoms with Crippen molar-refractivity contribution in [2.24, 2.45) is 5.73 Å². The van der Waals surface area contributed by atoms with Gasteiger partial charge in [-0.1, -0.05) is 49.7 Å². The van der Waals surface area contributed by atoms with Gasteiger partial charge in [0.2, 0.25) is 15.9 Å². The van der Waals surface area contributed by atoms with Crippen molar-refractivity contribution < 1.29 is 23.1 Å². The summed E-state index contributed by atoms with van der Waals surface area (Å²) < 4.78 is 32.5. The molecular formula is C27H40ClN3O5S. The molecule has 8 nitrogen and oxygen atoms in total. The molecule has 10 heteroatoms. The van der Waals surface area contributed by atoms with E-state index in [-0.39, 0.29) is 31.2 Å². The van der Waals surface area contributed by atoms with Crippen LogP contribution in [-0.4, -0.2) is 73.3 Å². The lowest BCUT2D eigenvalue weighted by Crippen LogP contribution is -2.46. The van der Waals surface area contributed by atoms with E-state index in [0.717, 1.165) is 11.1 Å². The molecule has 0 aliphatic carbocycles. The van der Waals surface area contributed by atoms with E-state index in [1.807, 2.05) is 38.1 Å². The zero-order chi connectivity index (χ0) is 27.4. The normalized spacial score (nSPS) is 13.4. The molecule has 0 radical (unpaired) electrons. The van der Waals surface area contributed by atoms with Gasteiger partial charge in [-0.3, -0.25) is 4.79 Å². The third kappa shape index (κ3) is 10.2. The molecule has 0 heterocycles. The van der Waals surface area contributed by atoms with Gasteiger partial charge in [-0.05, 0) is 54.7 Å². The fraction of sp³-hybridized carbons (Fsp3) is 0.519. The van der Waals surface area contributed by atoms with Crippen molar-refractivity contribution in [3.8, 4) is 5.75 Å². The van der Waals surface area contributed by atoms with Gasteiger partial charge in [0.15, 0.2) is 0 Å². The maximum absolute atomic E-state index is 13.3. The first-order valence-corrected chi connectivity index (χ1v) is 14.6. The number of aliphatic hydroxyl groups excluding tert-OH is 1. The molecule has 1 amide bonds. The Bertz CT molecular complexity index is 1080. The highest BCUT2D eigenvalue weighted by Gasteiger charge is 2.26. The van der Waals surface area contributed by atoms with Gasteiger partial charge in [0.1, 0.15) is 5.75 Å². The number of halogens is 1. The van der Waals surface area contributed by atoms with E-state index >= 15 is 0 Å². The van der Waals surface area contributed by atoms with Crippen molar-refractivity contribution in [2.75, 3.05) is 32.5 Å². The second kappa shape index (κ2) is 15.3. The average molecular weight is 554 g/mol. The minimum atomic E-state index is -3.58. The van der Waals surface area contributed by atoms with Gasteiger partial charge in [-0.2, -0.15) is 0 Å². The number of amides is 1. The maximum Gasteiger partial charge on any atom is 0.224 e. The Kier molecular flexibility index (Phi) is 12.8. The first kappa shape index (κ1) is 31.1. The summed E-state index contributed by atoms with van der Waals surface area (Å²) >= 11 is 5.95. The van der Waals surface area contributed by atoms with E-state index in [0.29, 0.717) is 43.1 Å². The summed E-state index contributed by atoms with van der Waals surface area (Å²) in [5.74, 6) is -0.00721. The van der Waals surface area contributed by atoms with Crippen LogP contribution in [-0.2, 0) is 27.8 Å². The molecule has 0 saturated carbocycles. The molecule has 37 heavy (non-hydrogen) atoms. The molecule has 0 aromatic heterocycles. The van der Waals surface area contributed by atoms with Crippen molar-refractivity contribution in [1.29, 1.82) is 0 Å². The van der Waals surface area contributed by atoms with Gasteiger partial charge in [0.25, 0.3) is 0 Å². The van der Waals surface area contributed by atoms with Crippen LogP contribution in [0.4, 0.5) is 0 Å². The van der Waals surface area contributed by atoms with Crippen LogP contribution in [0.2, 0.25) is 5.02 Å². The smallest absolute Gasteiger partial charge is 0.224 e. The number of hydrogen-bond donors (Lipinski definition) is 2. The third-order valence-electron chi connectivity index (χ3n) is 6.06. The maximum atomic E-state index is 13.3. The molecular weight excluding hydrogens is 514 g/mol. The van der Waals surface area contributed by atoms with Crippen LogP contribution >= 0.6 is 11.6 Å². The summed E-state index contributed by atoms with van der Waals surface area (Å²) in [6.45, 7) is 4.86. The predicted octanol–water partition coefficient (Wildman–Crippen LogP) is 3.45. The minimum Gasteiger partial charge on any atom is -0.497 e. The van der Waals surface area contributed by atoms with Crippen molar-refractivity contribution in [1.82, 2.24) is 9.21 Å². The Morgan fingerprint density at radius 3 is 2.32 bits per heavy atom. The van der Waals surface area contributed by atoms with Gasteiger partial charge in [-0.25, -0.2) is 12.7 Å². The first-order chi connectivity index (χ1) is 17.6. The number of methoxy groups -OCH3 is 1. The van der Waals surface area contributed by atoms with Gasteiger partial charge in [0.05, 0.1) is 19.0 Å². The number of benzene rings is 2. The monoisotopic (exact) mass is 553 g/mol. The molecule has 0 fully saturated rings. The second-order valence-corrected chi connectivity index (χ2v) is 11.7. The number of hydrogen-bond acceptors (Lipinski definition) is 6. The number of nitrogens with zero attached hydrogens (tertiary/aromatic N) is 2. The van der Waals surface area contributed by atoms with Crippen molar-refractivity contribution in [3.05, 3.63) is 64.7 Å². The summed E-state index contributed by atoms with van der Waals surface area (Å²) in [5.41, 5.74) is 8.00. The van der Waals surface area contributed by atoms with Gasteiger partial charge in [-0.15, -0.1) is 0 Å². The molecule has 2 rings (SSSR count). The Morgan fingerprint density at radius 2 is 1.73 bits per heavy atom. The van der Waals surface area contributed by atoms with Crippen LogP contribution < -0.4 is 10.5 Å². The number of sulfonamides is 1. The Morgan fingerprint density at radius 1 is 1.08 bits per heavy atom. The molecule has 0 unspecified atom stereocenters. The molecule has 0 bridgehead atoms. The lowest BCUT2D eigenvalue weighted by molar-refractivity contribution is -0.133. The Labute approximate surface area is 226 Å². The largest absolute Gasteiger partial charge is 0.497 e. The summed E-state index contributed by atoms with van der Waals surface area (Å²) in [6.07, 6.45) is 0.602. The van der Waals surface area contributed by atoms with Crippen LogP contribution in [0.5, 0.6) is 5.75 Å². The predicted molar refractivity (Wildman–Crippen MR) is 148 cm³/mol. The lowest BCUT2D eigenvalue weighted by Gasteiger charge is -2.29. The summed E-state index contributed by atoms with van der Waals surface area (Å²) in [6, 6.07) is 13.9. The Balaban J connectivity index is 2.16. The van der Waals surface area contributed by atoms with Gasteiger partial charge >= 0.3 is 0 Å². The topological polar surface area (TPSA) is 113 Å². The van der Waals surface area contributed by atoms with Crippen LogP contribution in [0.15, 0.2) is 48.5 Å². The average Bonchev–Trinajstić information content (AvgIpc) is 2.88. The minimum absolute atomic E-state index is 0.0293. The standard InChI is InChI=1S/C27H40ClN3O5S/c1-4-14-31(15-5-2)37(34,35)16-13-27(33)30(19-22-7-6-8-24(17-22)36-3)20-26(32)25(29)18-21-9-11-23(28)12-10-21/h6-12,17,25-26,32H,4-5,13-16,18-20,29H2,1-3H3/t25-,26+/m0/s1. The lowest BCUT2D eigenvalue weighted by atomic mass is 10.0. The van der Waals surface area contributed by atoms with E-state index in [1.165, 1.54) is 9.21 Å². The number of nitrogens with two attached hydrogens (primary N) is 1. The van der Waals surface area contributed by atoms with E-state index in [9.17, 15) is 18.3 Å². The zero-order valence-electron chi connectivity index (χ0n) is 22.0. The first-order valence-electron chi connectivity index (χ1n) is 12.7. The fourth-order valence-electron chi connectivity index (χ4n) is 4.03. The number of ether oxygens (including phenoxy) is 1. The number of aliphatic hydroxyl groups is 1. The molecule has 2 aromatic rings. The molecule has 3 N–H and O–H groups in total. The molecule has 0 saturated heterocycles. The third-order valence-corrected chi connectivity index (χ3v) is 8.18. The Hall–Kier alpha value is -2.17. The van der Waals surface area contributed by atoms with Crippen LogP contribution in [0.3, 0.4) is 0 Å². The summed E-state index contributed by atoms with van der Waals surface area (Å²) in [7, 11) is -2.02. The molecule has 0 aliphatic heterocycles. The van der Waals surface area contributed by atoms with Crippen molar-refractivity contribution in [3.63, 3.8) is 0 Å². The molecule has 2 atom stereocenters. The van der Waals surface area contributed by atoms with E-state index < -0.39 is 22.2 Å². The van der Waals surface area contributed by atoms with Gasteiger partial charge < -0.3 is 20.5 Å². The van der Waals surface area contributed by atoms with Crippen LogP contribution in [0.1, 0.15) is 44.2 Å². The van der Waals surface area contributed by atoms with E-state index in [1.54, 1.807) is 31.4 Å². The highest BCUT2D eigenvalue weighted by atomic mass is 35.5. The fourth-order valence-corrected chi connectivity index (χ4v) is 5.77. The van der Waals surface area contributed by atoms with Gasteiger partial charge in [0, 0.05) is 43.7 Å². The SMILES string of the molecule is CCCN(CCC)S(=O)(=O)CCC(=O)N(Cc1cccc(OC)c1)C[C@@H](O)[C@@H](N)Cc1ccc(Cl)cc1. The highest BCUT2D eigenvalue weighted by molar-refractivity contribution is 7.89. The number of rotatable bonds is 16. The quantitative estimate of drug-likeness (QED) is 0.329. The van der Waals surface area contributed by atoms with Crippen LogP contribution in [0.25, 0.3) is 0 Å². The number of carbonyl (C=O) groups excluding carboxylic acids is 1. The molecule has 0 aliphatic rings. The van der Waals surface area contributed by atoms with Crippen molar-refractivity contribution in [2.45, 2.75) is 58.2 Å².